The van der Waals surface area contributed by atoms with Gasteiger partial charge in [0.05, 0.1) is 6.61 Å². The smallest absolute Gasteiger partial charge is 0.222 e. The molecule has 0 aliphatic carbocycles. The number of rotatable bonds is 6. The van der Waals surface area contributed by atoms with Gasteiger partial charge in [0.15, 0.2) is 0 Å². The zero-order valence-electron chi connectivity index (χ0n) is 14.7. The lowest BCUT2D eigenvalue weighted by Gasteiger charge is -2.32. The van der Waals surface area contributed by atoms with Gasteiger partial charge in [-0.3, -0.25) is 4.79 Å². The first-order chi connectivity index (χ1) is 12.2. The van der Waals surface area contributed by atoms with Crippen LogP contribution in [0, 0.1) is 5.92 Å². The normalized spacial score (nSPS) is 15.3. The predicted octanol–water partition coefficient (Wildman–Crippen LogP) is 3.59. The molecule has 0 unspecified atom stereocenters. The number of piperidine rings is 1. The Labute approximate surface area is 150 Å². The molecule has 132 valence electrons. The molecule has 1 aliphatic rings. The van der Waals surface area contributed by atoms with Crippen LogP contribution in [0.15, 0.2) is 54.6 Å². The third-order valence-corrected chi connectivity index (χ3v) is 5.17. The Bertz CT molecular complexity index is 658. The van der Waals surface area contributed by atoms with E-state index in [1.54, 1.807) is 0 Å². The summed E-state index contributed by atoms with van der Waals surface area (Å²) in [7, 11) is 0. The van der Waals surface area contributed by atoms with E-state index in [2.05, 4.69) is 24.3 Å². The van der Waals surface area contributed by atoms with Crippen molar-refractivity contribution in [3.05, 3.63) is 71.3 Å². The Hall–Kier alpha value is -2.13. The van der Waals surface area contributed by atoms with Crippen molar-refractivity contribution in [2.45, 2.75) is 38.7 Å². The molecule has 0 radical (unpaired) electrons. The maximum Gasteiger partial charge on any atom is 0.222 e. The van der Waals surface area contributed by atoms with Crippen LogP contribution >= 0.6 is 0 Å². The van der Waals surface area contributed by atoms with Gasteiger partial charge in [-0.25, -0.2) is 0 Å². The van der Waals surface area contributed by atoms with Crippen molar-refractivity contribution < 1.29 is 9.90 Å². The van der Waals surface area contributed by atoms with Gasteiger partial charge in [-0.05, 0) is 48.3 Å². The maximum absolute atomic E-state index is 12.4. The molecule has 1 N–H and O–H groups in total. The summed E-state index contributed by atoms with van der Waals surface area (Å²) in [4.78, 5) is 14.4. The number of aryl methyl sites for hydroxylation is 1. The molecule has 1 fully saturated rings. The fraction of sp³-hybridized carbons (Fsp3) is 0.409. The van der Waals surface area contributed by atoms with Gasteiger partial charge in [0.25, 0.3) is 0 Å². The largest absolute Gasteiger partial charge is 0.392 e. The molecule has 3 heteroatoms. The molecular weight excluding hydrogens is 310 g/mol. The Balaban J connectivity index is 1.42. The van der Waals surface area contributed by atoms with Crippen LogP contribution in [0.1, 0.15) is 36.0 Å². The molecule has 3 nitrogen and oxygen atoms in total. The fourth-order valence-corrected chi connectivity index (χ4v) is 3.55. The number of hydrogen-bond acceptors (Lipinski definition) is 2. The van der Waals surface area contributed by atoms with Crippen molar-refractivity contribution in [1.82, 2.24) is 4.90 Å². The first kappa shape index (κ1) is 17.7. The van der Waals surface area contributed by atoms with E-state index in [0.717, 1.165) is 44.3 Å². The summed E-state index contributed by atoms with van der Waals surface area (Å²) < 4.78 is 0. The maximum atomic E-state index is 12.4. The highest BCUT2D eigenvalue weighted by molar-refractivity contribution is 5.76. The molecule has 1 amide bonds. The highest BCUT2D eigenvalue weighted by Gasteiger charge is 2.22. The lowest BCUT2D eigenvalue weighted by atomic mass is 9.89. The van der Waals surface area contributed by atoms with Gasteiger partial charge in [0, 0.05) is 19.5 Å². The summed E-state index contributed by atoms with van der Waals surface area (Å²) in [5.41, 5.74) is 3.52. The molecule has 2 aromatic carbocycles. The van der Waals surface area contributed by atoms with E-state index in [4.69, 9.17) is 5.11 Å². The summed E-state index contributed by atoms with van der Waals surface area (Å²) in [6, 6.07) is 18.5. The summed E-state index contributed by atoms with van der Waals surface area (Å²) in [5.74, 6) is 0.938. The number of benzene rings is 2. The molecule has 3 rings (SSSR count). The van der Waals surface area contributed by atoms with Crippen LogP contribution in [0.5, 0.6) is 0 Å². The van der Waals surface area contributed by atoms with Gasteiger partial charge in [0.2, 0.25) is 5.91 Å². The van der Waals surface area contributed by atoms with Gasteiger partial charge in [-0.1, -0.05) is 54.6 Å². The zero-order valence-corrected chi connectivity index (χ0v) is 14.7. The van der Waals surface area contributed by atoms with Crippen LogP contribution in [0.2, 0.25) is 0 Å². The van der Waals surface area contributed by atoms with Crippen molar-refractivity contribution in [3.8, 4) is 0 Å². The molecule has 0 spiro atoms. The van der Waals surface area contributed by atoms with E-state index in [1.807, 2.05) is 35.2 Å². The number of carbonyl (C=O) groups is 1. The van der Waals surface area contributed by atoms with Crippen molar-refractivity contribution in [1.29, 1.82) is 0 Å². The van der Waals surface area contributed by atoms with E-state index < -0.39 is 0 Å². The number of carbonyl (C=O) groups excluding carboxylic acids is 1. The van der Waals surface area contributed by atoms with Crippen LogP contribution in [-0.2, 0) is 24.2 Å². The molecule has 0 bridgehead atoms. The second-order valence-electron chi connectivity index (χ2n) is 6.99. The van der Waals surface area contributed by atoms with Gasteiger partial charge in [-0.2, -0.15) is 0 Å². The van der Waals surface area contributed by atoms with Gasteiger partial charge < -0.3 is 10.0 Å². The molecule has 1 saturated heterocycles. The number of aliphatic hydroxyl groups is 1. The third kappa shape index (κ3) is 5.17. The molecule has 2 aromatic rings. The van der Waals surface area contributed by atoms with E-state index >= 15 is 0 Å². The second-order valence-corrected chi connectivity index (χ2v) is 6.99. The highest BCUT2D eigenvalue weighted by atomic mass is 16.3. The van der Waals surface area contributed by atoms with Crippen molar-refractivity contribution >= 4 is 5.91 Å². The topological polar surface area (TPSA) is 40.5 Å². The van der Waals surface area contributed by atoms with Crippen LogP contribution in [0.3, 0.4) is 0 Å². The third-order valence-electron chi connectivity index (χ3n) is 5.17. The zero-order chi connectivity index (χ0) is 17.5. The number of hydrogen-bond donors (Lipinski definition) is 1. The molecule has 0 saturated carbocycles. The van der Waals surface area contributed by atoms with Crippen LogP contribution in [0.4, 0.5) is 0 Å². The lowest BCUT2D eigenvalue weighted by molar-refractivity contribution is -0.132. The van der Waals surface area contributed by atoms with E-state index in [1.165, 1.54) is 11.1 Å². The molecule has 1 heterocycles. The quantitative estimate of drug-likeness (QED) is 0.875. The van der Waals surface area contributed by atoms with Crippen LogP contribution in [0.25, 0.3) is 0 Å². The van der Waals surface area contributed by atoms with E-state index in [-0.39, 0.29) is 12.5 Å². The summed E-state index contributed by atoms with van der Waals surface area (Å²) in [6.45, 7) is 1.86. The van der Waals surface area contributed by atoms with Gasteiger partial charge >= 0.3 is 0 Å². The van der Waals surface area contributed by atoms with Gasteiger partial charge in [-0.15, -0.1) is 0 Å². The Morgan fingerprint density at radius 2 is 1.56 bits per heavy atom. The Morgan fingerprint density at radius 3 is 2.20 bits per heavy atom. The number of nitrogens with zero attached hydrogens (tertiary/aromatic N) is 1. The first-order valence-corrected chi connectivity index (χ1v) is 9.25. The Morgan fingerprint density at radius 1 is 0.920 bits per heavy atom. The van der Waals surface area contributed by atoms with Crippen LogP contribution < -0.4 is 0 Å². The van der Waals surface area contributed by atoms with Crippen LogP contribution in [-0.4, -0.2) is 29.0 Å². The molecule has 0 atom stereocenters. The SMILES string of the molecule is O=C(CCc1ccccc1)N1CCC(Cc2ccc(CO)cc2)CC1. The highest BCUT2D eigenvalue weighted by Crippen LogP contribution is 2.22. The summed E-state index contributed by atoms with van der Waals surface area (Å²) in [6.07, 6.45) is 4.67. The van der Waals surface area contributed by atoms with Gasteiger partial charge in [0.1, 0.15) is 0 Å². The minimum Gasteiger partial charge on any atom is -0.392 e. The number of likely N-dealkylation sites (tertiary alicyclic amines) is 1. The average Bonchev–Trinajstić information content (AvgIpc) is 2.68. The van der Waals surface area contributed by atoms with Crippen molar-refractivity contribution in [2.24, 2.45) is 5.92 Å². The summed E-state index contributed by atoms with van der Waals surface area (Å²) >= 11 is 0. The predicted molar refractivity (Wildman–Crippen MR) is 100 cm³/mol. The molecular formula is C22H27NO2. The summed E-state index contributed by atoms with van der Waals surface area (Å²) in [5, 5.41) is 9.11. The van der Waals surface area contributed by atoms with Crippen molar-refractivity contribution in [3.63, 3.8) is 0 Å². The number of aliphatic hydroxyl groups excluding tert-OH is 1. The number of amides is 1. The lowest BCUT2D eigenvalue weighted by Crippen LogP contribution is -2.39. The van der Waals surface area contributed by atoms with Crippen molar-refractivity contribution in [2.75, 3.05) is 13.1 Å². The molecule has 0 aromatic heterocycles. The minimum absolute atomic E-state index is 0.101. The monoisotopic (exact) mass is 337 g/mol. The molecule has 1 aliphatic heterocycles. The first-order valence-electron chi connectivity index (χ1n) is 9.25. The van der Waals surface area contributed by atoms with E-state index in [9.17, 15) is 4.79 Å². The standard InChI is InChI=1S/C22H27NO2/c24-17-21-8-6-19(7-9-21)16-20-12-14-23(15-13-20)22(25)11-10-18-4-2-1-3-5-18/h1-9,20,24H,10-17H2. The molecule has 25 heavy (non-hydrogen) atoms. The average molecular weight is 337 g/mol. The Kier molecular flexibility index (Phi) is 6.24. The minimum atomic E-state index is 0.101. The fourth-order valence-electron chi connectivity index (χ4n) is 3.55. The second kappa shape index (κ2) is 8.82. The van der Waals surface area contributed by atoms with E-state index in [0.29, 0.717) is 12.3 Å².